The number of carbonyl (C=O) groups excluding carboxylic acids is 1. The third-order valence-corrected chi connectivity index (χ3v) is 4.75. The van der Waals surface area contributed by atoms with Gasteiger partial charge in [0.15, 0.2) is 0 Å². The highest BCUT2D eigenvalue weighted by molar-refractivity contribution is 7.10. The minimum absolute atomic E-state index is 0.0211. The first-order valence-electron chi connectivity index (χ1n) is 7.34. The Balaban J connectivity index is 1.58. The maximum atomic E-state index is 12.5. The number of carbonyl (C=O) groups is 1. The van der Waals surface area contributed by atoms with Gasteiger partial charge < -0.3 is 15.0 Å². The minimum atomic E-state index is -0.454. The second-order valence-electron chi connectivity index (χ2n) is 5.42. The Kier molecular flexibility index (Phi) is 4.34. The Morgan fingerprint density at radius 2 is 2.08 bits per heavy atom. The monoisotopic (exact) mass is 348 g/mol. The normalized spacial score (nSPS) is 14.2. The molecular weight excluding hydrogens is 332 g/mol. The summed E-state index contributed by atoms with van der Waals surface area (Å²) in [5.74, 6) is 0.496. The first-order valence-corrected chi connectivity index (χ1v) is 8.11. The molecule has 1 aliphatic rings. The minimum Gasteiger partial charge on any atom is -0.487 e. The largest absolute Gasteiger partial charge is 0.487 e. The van der Waals surface area contributed by atoms with Crippen molar-refractivity contribution in [3.63, 3.8) is 0 Å². The van der Waals surface area contributed by atoms with Crippen LogP contribution in [0.2, 0.25) is 0 Å². The number of non-ortho nitro benzene ring substituents is 1. The fraction of sp³-hybridized carbons (Fsp3) is 0.333. The van der Waals surface area contributed by atoms with Gasteiger partial charge in [0.1, 0.15) is 16.9 Å². The van der Waals surface area contributed by atoms with Crippen LogP contribution >= 0.6 is 11.5 Å². The van der Waals surface area contributed by atoms with Crippen LogP contribution in [0.25, 0.3) is 0 Å². The molecule has 24 heavy (non-hydrogen) atoms. The van der Waals surface area contributed by atoms with Gasteiger partial charge in [-0.3, -0.25) is 14.9 Å². The molecule has 0 saturated carbocycles. The van der Waals surface area contributed by atoms with E-state index in [1.54, 1.807) is 24.1 Å². The Labute approximate surface area is 142 Å². The number of nitro benzene ring substituents is 1. The summed E-state index contributed by atoms with van der Waals surface area (Å²) in [6, 6.07) is 5.93. The third-order valence-electron chi connectivity index (χ3n) is 3.79. The number of likely N-dealkylation sites (tertiary alicyclic amines) is 1. The molecule has 1 aromatic heterocycles. The Hall–Kier alpha value is -2.68. The summed E-state index contributed by atoms with van der Waals surface area (Å²) in [5, 5.41) is 14.4. The quantitative estimate of drug-likeness (QED) is 0.658. The van der Waals surface area contributed by atoms with E-state index in [4.69, 9.17) is 4.74 Å². The van der Waals surface area contributed by atoms with Gasteiger partial charge in [-0.05, 0) is 30.6 Å². The van der Waals surface area contributed by atoms with Crippen molar-refractivity contribution in [2.45, 2.75) is 13.0 Å². The third kappa shape index (κ3) is 3.02. The number of hydrogen-bond donors (Lipinski definition) is 1. The number of amides is 1. The van der Waals surface area contributed by atoms with Crippen LogP contribution in [0, 0.1) is 17.0 Å². The van der Waals surface area contributed by atoms with Crippen molar-refractivity contribution in [2.24, 2.45) is 0 Å². The van der Waals surface area contributed by atoms with E-state index in [2.05, 4.69) is 9.69 Å². The van der Waals surface area contributed by atoms with Gasteiger partial charge in [-0.1, -0.05) is 0 Å². The zero-order chi connectivity index (χ0) is 17.3. The van der Waals surface area contributed by atoms with Crippen LogP contribution in [0.15, 0.2) is 24.3 Å². The Morgan fingerprint density at radius 3 is 2.67 bits per heavy atom. The standard InChI is InChI=1S/C15H16N4O4S/c1-9-13(14(16-2)24-17-9)15(20)18-7-12(8-18)23-11-5-3-10(4-6-11)19(21)22/h3-6,12,16H,7-8H2,1-2H3. The lowest BCUT2D eigenvalue weighted by molar-refractivity contribution is -0.384. The molecule has 1 fully saturated rings. The number of nitrogens with one attached hydrogen (secondary N) is 1. The van der Waals surface area contributed by atoms with Gasteiger partial charge in [0, 0.05) is 19.2 Å². The number of rotatable bonds is 5. The van der Waals surface area contributed by atoms with Crippen molar-refractivity contribution < 1.29 is 14.5 Å². The van der Waals surface area contributed by atoms with Crippen molar-refractivity contribution in [1.82, 2.24) is 9.27 Å². The SMILES string of the molecule is CNc1snc(C)c1C(=O)N1CC(Oc2ccc([N+](=O)[O-])cc2)C1. The summed E-state index contributed by atoms with van der Waals surface area (Å²) in [5.41, 5.74) is 1.35. The molecule has 8 nitrogen and oxygen atoms in total. The molecule has 3 rings (SSSR count). The predicted octanol–water partition coefficient (Wildman–Crippen LogP) is 2.30. The van der Waals surface area contributed by atoms with E-state index in [1.165, 1.54) is 23.7 Å². The number of aryl methyl sites for hydroxylation is 1. The second kappa shape index (κ2) is 6.44. The molecule has 1 aliphatic heterocycles. The summed E-state index contributed by atoms with van der Waals surface area (Å²) in [7, 11) is 1.76. The molecule has 0 radical (unpaired) electrons. The van der Waals surface area contributed by atoms with Crippen LogP contribution in [0.1, 0.15) is 16.1 Å². The maximum absolute atomic E-state index is 12.5. The van der Waals surface area contributed by atoms with Crippen LogP contribution in [-0.4, -0.2) is 46.3 Å². The lowest BCUT2D eigenvalue weighted by Crippen LogP contribution is -2.56. The maximum Gasteiger partial charge on any atom is 0.269 e. The molecule has 126 valence electrons. The Morgan fingerprint density at radius 1 is 1.42 bits per heavy atom. The van der Waals surface area contributed by atoms with Gasteiger partial charge in [0.05, 0.1) is 29.3 Å². The molecule has 2 aromatic rings. The molecule has 1 amide bonds. The number of nitro groups is 1. The molecule has 0 spiro atoms. The molecule has 1 saturated heterocycles. The van der Waals surface area contributed by atoms with Gasteiger partial charge in [0.25, 0.3) is 11.6 Å². The van der Waals surface area contributed by atoms with Crippen molar-refractivity contribution in [1.29, 1.82) is 0 Å². The van der Waals surface area contributed by atoms with Gasteiger partial charge in [-0.2, -0.15) is 4.37 Å². The summed E-state index contributed by atoms with van der Waals surface area (Å²) < 4.78 is 9.93. The highest BCUT2D eigenvalue weighted by Gasteiger charge is 2.35. The average Bonchev–Trinajstić information content (AvgIpc) is 2.91. The fourth-order valence-corrected chi connectivity index (χ4v) is 3.20. The second-order valence-corrected chi connectivity index (χ2v) is 6.20. The number of aromatic nitrogens is 1. The van der Waals surface area contributed by atoms with Gasteiger partial charge in [0.2, 0.25) is 0 Å². The van der Waals surface area contributed by atoms with E-state index in [9.17, 15) is 14.9 Å². The van der Waals surface area contributed by atoms with E-state index < -0.39 is 4.92 Å². The summed E-state index contributed by atoms with van der Waals surface area (Å²) >= 11 is 1.27. The number of benzene rings is 1. The number of nitrogens with zero attached hydrogens (tertiary/aromatic N) is 3. The van der Waals surface area contributed by atoms with Crippen LogP contribution in [0.5, 0.6) is 5.75 Å². The highest BCUT2D eigenvalue weighted by Crippen LogP contribution is 2.28. The average molecular weight is 348 g/mol. The van der Waals surface area contributed by atoms with E-state index in [1.807, 2.05) is 6.92 Å². The number of anilines is 1. The molecule has 2 heterocycles. The van der Waals surface area contributed by atoms with E-state index in [-0.39, 0.29) is 17.7 Å². The zero-order valence-corrected chi connectivity index (χ0v) is 14.0. The molecule has 0 atom stereocenters. The molecule has 0 bridgehead atoms. The topological polar surface area (TPSA) is 97.6 Å². The molecule has 1 N–H and O–H groups in total. The molecule has 1 aromatic carbocycles. The van der Waals surface area contributed by atoms with Gasteiger partial charge in [-0.15, -0.1) is 0 Å². The van der Waals surface area contributed by atoms with Crippen LogP contribution in [0.3, 0.4) is 0 Å². The number of hydrogen-bond acceptors (Lipinski definition) is 7. The van der Waals surface area contributed by atoms with Crippen LogP contribution in [0.4, 0.5) is 10.7 Å². The zero-order valence-electron chi connectivity index (χ0n) is 13.2. The van der Waals surface area contributed by atoms with E-state index in [0.717, 1.165) is 5.00 Å². The number of ether oxygens (including phenoxy) is 1. The molecule has 0 unspecified atom stereocenters. The lowest BCUT2D eigenvalue weighted by Gasteiger charge is -2.39. The van der Waals surface area contributed by atoms with Crippen molar-refractivity contribution >= 4 is 28.1 Å². The molecular formula is C15H16N4O4S. The lowest BCUT2D eigenvalue weighted by atomic mass is 10.1. The fourth-order valence-electron chi connectivity index (χ4n) is 2.47. The van der Waals surface area contributed by atoms with Crippen molar-refractivity contribution in [3.8, 4) is 5.75 Å². The summed E-state index contributed by atoms with van der Waals surface area (Å²) in [6.07, 6.45) is -0.111. The Bertz CT molecular complexity index is 768. The predicted molar refractivity (Wildman–Crippen MR) is 89.8 cm³/mol. The van der Waals surface area contributed by atoms with Crippen LogP contribution in [-0.2, 0) is 0 Å². The van der Waals surface area contributed by atoms with Gasteiger partial charge >= 0.3 is 0 Å². The first-order chi connectivity index (χ1) is 11.5. The van der Waals surface area contributed by atoms with Crippen molar-refractivity contribution in [3.05, 3.63) is 45.6 Å². The smallest absolute Gasteiger partial charge is 0.269 e. The van der Waals surface area contributed by atoms with E-state index in [0.29, 0.717) is 30.1 Å². The van der Waals surface area contributed by atoms with Gasteiger partial charge in [-0.25, -0.2) is 0 Å². The summed E-state index contributed by atoms with van der Waals surface area (Å²) in [4.78, 5) is 24.4. The van der Waals surface area contributed by atoms with Crippen LogP contribution < -0.4 is 10.1 Å². The first kappa shape index (κ1) is 16.2. The summed E-state index contributed by atoms with van der Waals surface area (Å²) in [6.45, 7) is 2.78. The highest BCUT2D eigenvalue weighted by atomic mass is 32.1. The molecule has 9 heteroatoms. The molecule has 0 aliphatic carbocycles. The van der Waals surface area contributed by atoms with Crippen molar-refractivity contribution in [2.75, 3.05) is 25.5 Å². The van der Waals surface area contributed by atoms with E-state index >= 15 is 0 Å².